The maximum absolute atomic E-state index is 10.6. The SMILES string of the molecule is CC1(C)O[C@@H]2[C@@H](O1)[C@@H]1OC(C)(C)OCC1=C[C@@H]2NC1=N[C@@H]2[C@H](O1)[C@@H](O)[C@H](O)[C@]2(O)CO. The molecule has 9 atom stereocenters. The number of nitrogens with zero attached hydrogens (tertiary/aromatic N) is 1. The highest BCUT2D eigenvalue weighted by molar-refractivity contribution is 5.77. The molecular weight excluding hydrogens is 412 g/mol. The number of aliphatic hydroxyl groups is 4. The van der Waals surface area contributed by atoms with Crippen molar-refractivity contribution in [2.45, 2.75) is 93.6 Å². The molecule has 11 heteroatoms. The lowest BCUT2D eigenvalue weighted by Gasteiger charge is -2.44. The molecule has 3 heterocycles. The van der Waals surface area contributed by atoms with E-state index in [1.54, 1.807) is 0 Å². The Morgan fingerprint density at radius 1 is 1.06 bits per heavy atom. The highest BCUT2D eigenvalue weighted by atomic mass is 16.8. The highest BCUT2D eigenvalue weighted by Gasteiger charge is 2.64. The van der Waals surface area contributed by atoms with Crippen molar-refractivity contribution < 1.29 is 44.1 Å². The first-order chi connectivity index (χ1) is 14.4. The molecule has 174 valence electrons. The summed E-state index contributed by atoms with van der Waals surface area (Å²) in [6.07, 6.45) is -3.12. The Balaban J connectivity index is 1.41. The van der Waals surface area contributed by atoms with Crippen LogP contribution in [0.4, 0.5) is 0 Å². The molecule has 1 saturated carbocycles. The predicted octanol–water partition coefficient (Wildman–Crippen LogP) is -1.86. The average molecular weight is 442 g/mol. The Kier molecular flexibility index (Phi) is 4.75. The van der Waals surface area contributed by atoms with Crippen LogP contribution in [0.2, 0.25) is 0 Å². The van der Waals surface area contributed by atoms with Gasteiger partial charge in [0, 0.05) is 0 Å². The molecule has 0 spiro atoms. The average Bonchev–Trinajstić information content (AvgIpc) is 3.31. The third kappa shape index (κ3) is 3.30. The van der Waals surface area contributed by atoms with Gasteiger partial charge in [0.25, 0.3) is 6.02 Å². The van der Waals surface area contributed by atoms with Gasteiger partial charge < -0.3 is 49.4 Å². The van der Waals surface area contributed by atoms with Crippen molar-refractivity contribution in [3.05, 3.63) is 11.6 Å². The topological polar surface area (TPSA) is 151 Å². The lowest BCUT2D eigenvalue weighted by Crippen LogP contribution is -2.58. The molecule has 2 aliphatic carbocycles. The van der Waals surface area contributed by atoms with Gasteiger partial charge in [-0.15, -0.1) is 0 Å². The first kappa shape index (κ1) is 21.5. The van der Waals surface area contributed by atoms with Gasteiger partial charge in [-0.05, 0) is 33.3 Å². The summed E-state index contributed by atoms with van der Waals surface area (Å²) in [5.74, 6) is -1.57. The molecule has 0 aromatic rings. The zero-order valence-corrected chi connectivity index (χ0v) is 17.9. The van der Waals surface area contributed by atoms with E-state index in [9.17, 15) is 20.4 Å². The number of ether oxygens (including phenoxy) is 5. The van der Waals surface area contributed by atoms with Gasteiger partial charge in [0.2, 0.25) is 0 Å². The molecule has 5 N–H and O–H groups in total. The van der Waals surface area contributed by atoms with Crippen LogP contribution in [-0.4, -0.2) is 106 Å². The fraction of sp³-hybridized carbons (Fsp3) is 0.850. The first-order valence-electron chi connectivity index (χ1n) is 10.5. The van der Waals surface area contributed by atoms with E-state index in [0.29, 0.717) is 6.61 Å². The van der Waals surface area contributed by atoms with Crippen molar-refractivity contribution in [3.63, 3.8) is 0 Å². The molecule has 2 saturated heterocycles. The van der Waals surface area contributed by atoms with Crippen molar-refractivity contribution in [2.24, 2.45) is 4.99 Å². The van der Waals surface area contributed by atoms with Gasteiger partial charge in [0.15, 0.2) is 17.7 Å². The number of nitrogens with one attached hydrogen (secondary N) is 1. The standard InChI is InChI=1S/C20H30N2O9/c1-18(2)27-6-8-5-9(12-14(11(8)29-18)31-19(3,4)30-12)21-17-22-15-13(28-17)10(24)16(25)20(15,26)7-23/h5,9-16,23-26H,6-7H2,1-4H3,(H,21,22)/t9-,10+,11+,12-,13+,14-,15+,16-,20-/m0/s1. The lowest BCUT2D eigenvalue weighted by atomic mass is 9.87. The fourth-order valence-electron chi connectivity index (χ4n) is 5.08. The summed E-state index contributed by atoms with van der Waals surface area (Å²) < 4.78 is 29.9. The molecule has 3 fully saturated rings. The van der Waals surface area contributed by atoms with Crippen molar-refractivity contribution in [1.82, 2.24) is 5.32 Å². The monoisotopic (exact) mass is 442 g/mol. The zero-order valence-electron chi connectivity index (χ0n) is 17.9. The van der Waals surface area contributed by atoms with Gasteiger partial charge in [0.1, 0.15) is 42.2 Å². The molecule has 0 aromatic heterocycles. The van der Waals surface area contributed by atoms with Gasteiger partial charge in [-0.2, -0.15) is 0 Å². The van der Waals surface area contributed by atoms with Crippen molar-refractivity contribution in [3.8, 4) is 0 Å². The molecule has 0 radical (unpaired) electrons. The van der Waals surface area contributed by atoms with Crippen molar-refractivity contribution in [2.75, 3.05) is 13.2 Å². The number of hydrogen-bond acceptors (Lipinski definition) is 11. The number of aliphatic imine (C=N–C) groups is 1. The van der Waals surface area contributed by atoms with Crippen LogP contribution >= 0.6 is 0 Å². The highest BCUT2D eigenvalue weighted by Crippen LogP contribution is 2.42. The van der Waals surface area contributed by atoms with E-state index in [-0.39, 0.29) is 18.2 Å². The van der Waals surface area contributed by atoms with E-state index >= 15 is 0 Å². The summed E-state index contributed by atoms with van der Waals surface area (Å²) in [6.45, 7) is 6.98. The molecule has 0 aromatic carbocycles. The summed E-state index contributed by atoms with van der Waals surface area (Å²) in [5.41, 5.74) is -1.09. The van der Waals surface area contributed by atoms with Crippen molar-refractivity contribution in [1.29, 1.82) is 0 Å². The van der Waals surface area contributed by atoms with Crippen molar-refractivity contribution >= 4 is 6.02 Å². The second-order valence-electron chi connectivity index (χ2n) is 9.75. The normalized spacial score (nSPS) is 49.4. The van der Waals surface area contributed by atoms with Crippen LogP contribution in [-0.2, 0) is 23.7 Å². The largest absolute Gasteiger partial charge is 0.457 e. The predicted molar refractivity (Wildman–Crippen MR) is 104 cm³/mol. The third-order valence-electron chi connectivity index (χ3n) is 6.62. The van der Waals surface area contributed by atoms with Crippen LogP contribution in [0.25, 0.3) is 0 Å². The van der Waals surface area contributed by atoms with Gasteiger partial charge in [-0.1, -0.05) is 6.08 Å². The second kappa shape index (κ2) is 6.84. The summed E-state index contributed by atoms with van der Waals surface area (Å²) in [5, 5.41) is 43.7. The minimum atomic E-state index is -1.99. The Hall–Kier alpha value is -1.31. The molecule has 0 amide bonds. The third-order valence-corrected chi connectivity index (χ3v) is 6.62. The number of aliphatic hydroxyl groups excluding tert-OH is 3. The van der Waals surface area contributed by atoms with Crippen LogP contribution in [0.3, 0.4) is 0 Å². The van der Waals surface area contributed by atoms with E-state index in [1.165, 1.54) is 0 Å². The second-order valence-corrected chi connectivity index (χ2v) is 9.75. The maximum atomic E-state index is 10.6. The van der Waals surface area contributed by atoms with Crippen LogP contribution in [0.1, 0.15) is 27.7 Å². The minimum absolute atomic E-state index is 0.0816. The van der Waals surface area contributed by atoms with E-state index in [4.69, 9.17) is 23.7 Å². The summed E-state index contributed by atoms with van der Waals surface area (Å²) in [6, 6.07) is -1.34. The molecule has 31 heavy (non-hydrogen) atoms. The van der Waals surface area contributed by atoms with Crippen LogP contribution in [0.5, 0.6) is 0 Å². The minimum Gasteiger partial charge on any atom is -0.457 e. The number of amidine groups is 1. The van der Waals surface area contributed by atoms with Crippen LogP contribution < -0.4 is 5.32 Å². The first-order valence-corrected chi connectivity index (χ1v) is 10.5. The quantitative estimate of drug-likeness (QED) is 0.308. The van der Waals surface area contributed by atoms with E-state index < -0.39 is 60.3 Å². The number of fused-ring (bicyclic) bond motifs is 4. The molecule has 11 nitrogen and oxygen atoms in total. The zero-order chi connectivity index (χ0) is 22.3. The molecule has 5 aliphatic rings. The van der Waals surface area contributed by atoms with E-state index in [1.807, 2.05) is 33.8 Å². The number of hydrogen-bond donors (Lipinski definition) is 5. The number of rotatable bonds is 2. The molecule has 3 aliphatic heterocycles. The summed E-state index contributed by atoms with van der Waals surface area (Å²) in [7, 11) is 0. The maximum Gasteiger partial charge on any atom is 0.286 e. The van der Waals surface area contributed by atoms with E-state index in [0.717, 1.165) is 5.57 Å². The van der Waals surface area contributed by atoms with Gasteiger partial charge in [-0.3, -0.25) is 0 Å². The molecule has 0 unspecified atom stereocenters. The summed E-state index contributed by atoms with van der Waals surface area (Å²) >= 11 is 0. The smallest absolute Gasteiger partial charge is 0.286 e. The van der Waals surface area contributed by atoms with Crippen LogP contribution in [0.15, 0.2) is 16.6 Å². The Morgan fingerprint density at radius 2 is 1.77 bits per heavy atom. The van der Waals surface area contributed by atoms with Gasteiger partial charge >= 0.3 is 0 Å². The van der Waals surface area contributed by atoms with Crippen LogP contribution in [0, 0.1) is 0 Å². The summed E-state index contributed by atoms with van der Waals surface area (Å²) in [4.78, 5) is 4.31. The lowest BCUT2D eigenvalue weighted by molar-refractivity contribution is -0.273. The molecule has 0 bridgehead atoms. The van der Waals surface area contributed by atoms with E-state index in [2.05, 4.69) is 10.3 Å². The fourth-order valence-corrected chi connectivity index (χ4v) is 5.08. The Morgan fingerprint density at radius 3 is 2.48 bits per heavy atom. The van der Waals surface area contributed by atoms with Gasteiger partial charge in [0.05, 0.1) is 19.3 Å². The molecule has 5 rings (SSSR count). The Labute approximate surface area is 179 Å². The Bertz CT molecular complexity index is 814. The molecular formula is C20H30N2O9. The van der Waals surface area contributed by atoms with Gasteiger partial charge in [-0.25, -0.2) is 4.99 Å².